The lowest BCUT2D eigenvalue weighted by atomic mass is 9.97. The Morgan fingerprint density at radius 1 is 1.29 bits per heavy atom. The van der Waals surface area contributed by atoms with Gasteiger partial charge in [-0.25, -0.2) is 4.98 Å². The Balaban J connectivity index is 1.68. The summed E-state index contributed by atoms with van der Waals surface area (Å²) in [6, 6.07) is 5.70. The van der Waals surface area contributed by atoms with Crippen LogP contribution in [0.15, 0.2) is 6.07 Å². The Morgan fingerprint density at radius 2 is 2.05 bits per heavy atom. The third-order valence-electron chi connectivity index (χ3n) is 5.01. The number of piperidine rings is 1. The summed E-state index contributed by atoms with van der Waals surface area (Å²) in [5.41, 5.74) is 2.61. The molecule has 2 fully saturated rings. The van der Waals surface area contributed by atoms with Crippen LogP contribution in [0.4, 0.5) is 5.82 Å². The molecule has 0 aromatic carbocycles. The Labute approximate surface area is 127 Å². The zero-order valence-corrected chi connectivity index (χ0v) is 13.3. The Morgan fingerprint density at radius 3 is 2.67 bits per heavy atom. The Bertz CT molecular complexity index is 546. The molecule has 0 saturated carbocycles. The average Bonchev–Trinajstić information content (AvgIpc) is 2.39. The SMILES string of the molecule is Cc1cc(N2CC(N3CCCCC3C)C2)nc(C)c1C#N. The zero-order chi connectivity index (χ0) is 15.0. The number of pyridine rings is 1. The molecule has 0 bridgehead atoms. The van der Waals surface area contributed by atoms with Crippen molar-refractivity contribution in [1.82, 2.24) is 9.88 Å². The van der Waals surface area contributed by atoms with Crippen LogP contribution in [0.3, 0.4) is 0 Å². The number of anilines is 1. The van der Waals surface area contributed by atoms with Crippen LogP contribution in [-0.2, 0) is 0 Å². The van der Waals surface area contributed by atoms with Gasteiger partial charge in [-0.3, -0.25) is 4.90 Å². The predicted molar refractivity (Wildman–Crippen MR) is 84.4 cm³/mol. The van der Waals surface area contributed by atoms with Gasteiger partial charge in [-0.2, -0.15) is 5.26 Å². The highest BCUT2D eigenvalue weighted by molar-refractivity contribution is 5.51. The molecule has 1 aromatic rings. The second-order valence-corrected chi connectivity index (χ2v) is 6.51. The first kappa shape index (κ1) is 14.3. The molecule has 0 N–H and O–H groups in total. The van der Waals surface area contributed by atoms with Gasteiger partial charge in [0.05, 0.1) is 11.3 Å². The maximum atomic E-state index is 9.13. The molecule has 0 radical (unpaired) electrons. The maximum absolute atomic E-state index is 9.13. The molecule has 1 unspecified atom stereocenters. The quantitative estimate of drug-likeness (QED) is 0.837. The van der Waals surface area contributed by atoms with Crippen LogP contribution in [-0.4, -0.2) is 41.6 Å². The van der Waals surface area contributed by atoms with Gasteiger partial charge in [-0.15, -0.1) is 0 Å². The molecular weight excluding hydrogens is 260 g/mol. The standard InChI is InChI=1S/C17H24N4/c1-12-8-17(19-14(3)16(12)9-18)20-10-15(11-20)21-7-5-4-6-13(21)2/h8,13,15H,4-7,10-11H2,1-3H3. The summed E-state index contributed by atoms with van der Waals surface area (Å²) in [6.45, 7) is 9.68. The first-order valence-corrected chi connectivity index (χ1v) is 7.99. The van der Waals surface area contributed by atoms with Crippen molar-refractivity contribution in [3.05, 3.63) is 22.9 Å². The third-order valence-corrected chi connectivity index (χ3v) is 5.01. The van der Waals surface area contributed by atoms with Gasteiger partial charge in [0.25, 0.3) is 0 Å². The van der Waals surface area contributed by atoms with Crippen LogP contribution in [0.5, 0.6) is 0 Å². The van der Waals surface area contributed by atoms with E-state index in [9.17, 15) is 0 Å². The third kappa shape index (κ3) is 2.63. The van der Waals surface area contributed by atoms with Gasteiger partial charge in [0, 0.05) is 25.2 Å². The summed E-state index contributed by atoms with van der Waals surface area (Å²) in [7, 11) is 0. The number of rotatable bonds is 2. The number of aryl methyl sites for hydroxylation is 2. The number of hydrogen-bond donors (Lipinski definition) is 0. The number of hydrogen-bond acceptors (Lipinski definition) is 4. The predicted octanol–water partition coefficient (Wildman–Crippen LogP) is 2.63. The highest BCUT2D eigenvalue weighted by Gasteiger charge is 2.35. The molecule has 2 saturated heterocycles. The second kappa shape index (κ2) is 5.65. The lowest BCUT2D eigenvalue weighted by Crippen LogP contribution is -2.62. The first-order valence-electron chi connectivity index (χ1n) is 7.99. The van der Waals surface area contributed by atoms with Crippen molar-refractivity contribution < 1.29 is 0 Å². The summed E-state index contributed by atoms with van der Waals surface area (Å²) >= 11 is 0. The summed E-state index contributed by atoms with van der Waals surface area (Å²) in [6.07, 6.45) is 4.06. The number of nitriles is 1. The van der Waals surface area contributed by atoms with Crippen molar-refractivity contribution in [2.45, 2.75) is 52.1 Å². The van der Waals surface area contributed by atoms with Gasteiger partial charge in [0.15, 0.2) is 0 Å². The van der Waals surface area contributed by atoms with Crippen molar-refractivity contribution in [3.63, 3.8) is 0 Å². The molecule has 0 spiro atoms. The van der Waals surface area contributed by atoms with E-state index in [1.54, 1.807) is 0 Å². The fourth-order valence-corrected chi connectivity index (χ4v) is 3.66. The summed E-state index contributed by atoms with van der Waals surface area (Å²) in [5, 5.41) is 9.13. The van der Waals surface area contributed by atoms with Crippen LogP contribution in [0.1, 0.15) is 43.0 Å². The summed E-state index contributed by atoms with van der Waals surface area (Å²) < 4.78 is 0. The molecule has 3 rings (SSSR count). The molecule has 2 aliphatic rings. The van der Waals surface area contributed by atoms with Crippen molar-refractivity contribution in [2.75, 3.05) is 24.5 Å². The van der Waals surface area contributed by atoms with Gasteiger partial charge in [-0.1, -0.05) is 6.42 Å². The topological polar surface area (TPSA) is 43.2 Å². The molecule has 3 heterocycles. The van der Waals surface area contributed by atoms with E-state index in [4.69, 9.17) is 5.26 Å². The van der Waals surface area contributed by atoms with Crippen LogP contribution in [0.25, 0.3) is 0 Å². The van der Waals surface area contributed by atoms with E-state index in [2.05, 4.69) is 33.8 Å². The van der Waals surface area contributed by atoms with Gasteiger partial charge < -0.3 is 4.90 Å². The molecule has 112 valence electrons. The molecule has 0 aliphatic carbocycles. The van der Waals surface area contributed by atoms with E-state index < -0.39 is 0 Å². The minimum atomic E-state index is 0.679. The van der Waals surface area contributed by atoms with E-state index in [0.717, 1.165) is 41.8 Å². The van der Waals surface area contributed by atoms with E-state index in [-0.39, 0.29) is 0 Å². The Hall–Kier alpha value is -1.60. The zero-order valence-electron chi connectivity index (χ0n) is 13.3. The normalized spacial score (nSPS) is 23.7. The lowest BCUT2D eigenvalue weighted by Gasteiger charge is -2.49. The van der Waals surface area contributed by atoms with Gasteiger partial charge in [0.2, 0.25) is 0 Å². The number of aromatic nitrogens is 1. The van der Waals surface area contributed by atoms with Crippen molar-refractivity contribution in [3.8, 4) is 6.07 Å². The molecule has 4 nitrogen and oxygen atoms in total. The number of nitrogens with zero attached hydrogens (tertiary/aromatic N) is 4. The van der Waals surface area contributed by atoms with Gasteiger partial charge >= 0.3 is 0 Å². The smallest absolute Gasteiger partial charge is 0.129 e. The maximum Gasteiger partial charge on any atom is 0.129 e. The van der Waals surface area contributed by atoms with E-state index in [0.29, 0.717) is 6.04 Å². The first-order chi connectivity index (χ1) is 10.1. The van der Waals surface area contributed by atoms with Crippen LogP contribution in [0.2, 0.25) is 0 Å². The van der Waals surface area contributed by atoms with Crippen LogP contribution >= 0.6 is 0 Å². The second-order valence-electron chi connectivity index (χ2n) is 6.51. The molecule has 21 heavy (non-hydrogen) atoms. The average molecular weight is 284 g/mol. The van der Waals surface area contributed by atoms with Crippen molar-refractivity contribution in [1.29, 1.82) is 5.26 Å². The van der Waals surface area contributed by atoms with E-state index in [1.165, 1.54) is 25.8 Å². The molecule has 2 aliphatic heterocycles. The molecule has 4 heteroatoms. The minimum Gasteiger partial charge on any atom is -0.353 e. The number of likely N-dealkylation sites (tertiary alicyclic amines) is 1. The minimum absolute atomic E-state index is 0.679. The fraction of sp³-hybridized carbons (Fsp3) is 0.647. The highest BCUT2D eigenvalue weighted by Crippen LogP contribution is 2.28. The Kier molecular flexibility index (Phi) is 3.86. The summed E-state index contributed by atoms with van der Waals surface area (Å²) in [4.78, 5) is 9.62. The molecule has 1 atom stereocenters. The molecule has 0 amide bonds. The monoisotopic (exact) mass is 284 g/mol. The van der Waals surface area contributed by atoms with E-state index >= 15 is 0 Å². The van der Waals surface area contributed by atoms with Gasteiger partial charge in [0.1, 0.15) is 11.9 Å². The van der Waals surface area contributed by atoms with Crippen molar-refractivity contribution >= 4 is 5.82 Å². The molecular formula is C17H24N4. The largest absolute Gasteiger partial charge is 0.353 e. The van der Waals surface area contributed by atoms with Crippen LogP contribution < -0.4 is 4.90 Å². The summed E-state index contributed by atoms with van der Waals surface area (Å²) in [5.74, 6) is 1.03. The van der Waals surface area contributed by atoms with Crippen molar-refractivity contribution in [2.24, 2.45) is 0 Å². The highest BCUT2D eigenvalue weighted by atomic mass is 15.3. The lowest BCUT2D eigenvalue weighted by molar-refractivity contribution is 0.0872. The molecule has 1 aromatic heterocycles. The van der Waals surface area contributed by atoms with E-state index in [1.807, 2.05) is 13.8 Å². The fourth-order valence-electron chi connectivity index (χ4n) is 3.66. The van der Waals surface area contributed by atoms with Gasteiger partial charge in [-0.05, 0) is 51.8 Å². The van der Waals surface area contributed by atoms with Crippen LogP contribution in [0, 0.1) is 25.2 Å².